The van der Waals surface area contributed by atoms with Crippen molar-refractivity contribution in [1.29, 1.82) is 0 Å². The second-order valence-corrected chi connectivity index (χ2v) is 15.0. The van der Waals surface area contributed by atoms with Crippen molar-refractivity contribution in [2.24, 2.45) is 0 Å². The first kappa shape index (κ1) is 30.9. The van der Waals surface area contributed by atoms with Gasteiger partial charge >= 0.3 is 0 Å². The molecule has 256 valence electrons. The highest BCUT2D eigenvalue weighted by molar-refractivity contribution is 6.16. The van der Waals surface area contributed by atoms with Crippen LogP contribution in [0.15, 0.2) is 174 Å². The fraction of sp³-hybridized carbons (Fsp3) is 0.0769. The predicted molar refractivity (Wildman–Crippen MR) is 224 cm³/mol. The zero-order chi connectivity index (χ0) is 36.1. The van der Waals surface area contributed by atoms with E-state index in [9.17, 15) is 0 Å². The van der Waals surface area contributed by atoms with Gasteiger partial charge in [-0.2, -0.15) is 0 Å². The van der Waals surface area contributed by atoms with E-state index >= 15 is 0 Å². The Labute approximate surface area is 315 Å². The fourth-order valence-electron chi connectivity index (χ4n) is 9.74. The van der Waals surface area contributed by atoms with Crippen LogP contribution in [0.1, 0.15) is 38.9 Å². The molecular weight excluding hydrogens is 655 g/mol. The first-order valence-electron chi connectivity index (χ1n) is 18.9. The molecule has 8 aromatic carbocycles. The Balaban J connectivity index is 1.21. The molecule has 2 nitrogen and oxygen atoms in total. The molecule has 1 heterocycles. The lowest BCUT2D eigenvalue weighted by Crippen LogP contribution is -2.26. The predicted octanol–water partition coefficient (Wildman–Crippen LogP) is 14.0. The van der Waals surface area contributed by atoms with E-state index in [1.807, 2.05) is 0 Å². The van der Waals surface area contributed by atoms with Gasteiger partial charge < -0.3 is 9.32 Å². The smallest absolute Gasteiger partial charge is 0.136 e. The monoisotopic (exact) mass is 691 g/mol. The molecule has 2 aliphatic carbocycles. The van der Waals surface area contributed by atoms with E-state index in [0.29, 0.717) is 0 Å². The second-order valence-electron chi connectivity index (χ2n) is 15.0. The number of hydrogen-bond donors (Lipinski definition) is 0. The van der Waals surface area contributed by atoms with Crippen molar-refractivity contribution in [2.75, 3.05) is 4.90 Å². The SMILES string of the molecule is Cc1ccc(N(c2ccc(-c3ccccc3C)c(C)c2)c2cccc3c2-c2ccccc2C32c3ccccc3-c3c2ccc2oc4ccccc4c32)cc1. The van der Waals surface area contributed by atoms with Gasteiger partial charge in [-0.05, 0) is 124 Å². The van der Waals surface area contributed by atoms with Gasteiger partial charge in [-0.3, -0.25) is 0 Å². The van der Waals surface area contributed by atoms with Gasteiger partial charge in [0.2, 0.25) is 0 Å². The third-order valence-electron chi connectivity index (χ3n) is 12.0. The van der Waals surface area contributed by atoms with Crippen molar-refractivity contribution in [2.45, 2.75) is 26.2 Å². The molecule has 0 bridgehead atoms. The number of aryl methyl sites for hydroxylation is 3. The first-order chi connectivity index (χ1) is 26.5. The molecule has 54 heavy (non-hydrogen) atoms. The van der Waals surface area contributed by atoms with Crippen molar-refractivity contribution in [3.05, 3.63) is 209 Å². The van der Waals surface area contributed by atoms with Crippen LogP contribution in [0.5, 0.6) is 0 Å². The van der Waals surface area contributed by atoms with Crippen molar-refractivity contribution in [1.82, 2.24) is 0 Å². The molecule has 0 radical (unpaired) electrons. The van der Waals surface area contributed by atoms with Crippen LogP contribution in [0.25, 0.3) is 55.3 Å². The molecule has 0 N–H and O–H groups in total. The van der Waals surface area contributed by atoms with Crippen LogP contribution in [-0.2, 0) is 5.41 Å². The van der Waals surface area contributed by atoms with Gasteiger partial charge in [0.1, 0.15) is 11.2 Å². The van der Waals surface area contributed by atoms with Gasteiger partial charge in [-0.25, -0.2) is 0 Å². The molecule has 0 saturated heterocycles. The standard InChI is InChI=1S/C52H37NO/c1-32-23-25-35(26-24-32)53(36-27-28-38(34(3)31-36)37-14-5-4-13-33(37)2)46-21-12-20-44-49(46)39-15-6-9-18-42(39)52(44)43-19-10-7-16-40(43)50-45(52)29-30-48-51(50)41-17-8-11-22-47(41)54-48/h4-31H,1-3H3. The molecule has 2 aliphatic rings. The van der Waals surface area contributed by atoms with Gasteiger partial charge in [0, 0.05) is 27.7 Å². The molecule has 1 aromatic heterocycles. The Hall–Kier alpha value is -6.64. The van der Waals surface area contributed by atoms with Crippen molar-refractivity contribution in [3.63, 3.8) is 0 Å². The lowest BCUT2D eigenvalue weighted by Gasteiger charge is -2.32. The highest BCUT2D eigenvalue weighted by atomic mass is 16.3. The van der Waals surface area contributed by atoms with Crippen molar-refractivity contribution >= 4 is 39.0 Å². The molecular formula is C52H37NO. The minimum atomic E-state index is -0.496. The number of rotatable bonds is 4. The summed E-state index contributed by atoms with van der Waals surface area (Å²) in [7, 11) is 0. The highest BCUT2D eigenvalue weighted by Gasteiger charge is 2.53. The molecule has 0 aliphatic heterocycles. The van der Waals surface area contributed by atoms with E-state index in [0.717, 1.165) is 27.9 Å². The first-order valence-corrected chi connectivity index (χ1v) is 18.9. The molecule has 1 unspecified atom stereocenters. The molecule has 11 rings (SSSR count). The molecule has 0 amide bonds. The third-order valence-corrected chi connectivity index (χ3v) is 12.0. The topological polar surface area (TPSA) is 16.4 Å². The zero-order valence-corrected chi connectivity index (χ0v) is 30.5. The van der Waals surface area contributed by atoms with Crippen LogP contribution in [-0.4, -0.2) is 0 Å². The van der Waals surface area contributed by atoms with E-state index in [2.05, 4.69) is 196 Å². The third kappa shape index (κ3) is 4.11. The van der Waals surface area contributed by atoms with Gasteiger partial charge in [0.15, 0.2) is 0 Å². The van der Waals surface area contributed by atoms with Gasteiger partial charge in [0.25, 0.3) is 0 Å². The Morgan fingerprint density at radius 2 is 1.04 bits per heavy atom. The van der Waals surface area contributed by atoms with Crippen molar-refractivity contribution < 1.29 is 4.42 Å². The van der Waals surface area contributed by atoms with Gasteiger partial charge in [0.05, 0.1) is 11.1 Å². The summed E-state index contributed by atoms with van der Waals surface area (Å²) in [6, 6.07) is 62.7. The minimum Gasteiger partial charge on any atom is -0.456 e. The maximum absolute atomic E-state index is 6.49. The number of anilines is 3. The number of benzene rings is 8. The van der Waals surface area contributed by atoms with Crippen LogP contribution in [0, 0.1) is 20.8 Å². The summed E-state index contributed by atoms with van der Waals surface area (Å²) in [4.78, 5) is 2.47. The van der Waals surface area contributed by atoms with Gasteiger partial charge in [-0.1, -0.05) is 133 Å². The molecule has 0 saturated carbocycles. The maximum Gasteiger partial charge on any atom is 0.136 e. The normalized spacial score (nSPS) is 15.0. The Bertz CT molecular complexity index is 2980. The van der Waals surface area contributed by atoms with E-state index in [4.69, 9.17) is 4.42 Å². The minimum absolute atomic E-state index is 0.496. The molecule has 1 atom stereocenters. The summed E-state index contributed by atoms with van der Waals surface area (Å²) in [5.41, 5.74) is 21.5. The summed E-state index contributed by atoms with van der Waals surface area (Å²) < 4.78 is 6.49. The average molecular weight is 692 g/mol. The maximum atomic E-state index is 6.49. The fourth-order valence-corrected chi connectivity index (χ4v) is 9.74. The van der Waals surface area contributed by atoms with E-state index in [-0.39, 0.29) is 0 Å². The summed E-state index contributed by atoms with van der Waals surface area (Å²) in [6.07, 6.45) is 0. The van der Waals surface area contributed by atoms with Crippen LogP contribution >= 0.6 is 0 Å². The summed E-state index contributed by atoms with van der Waals surface area (Å²) >= 11 is 0. The van der Waals surface area contributed by atoms with Crippen LogP contribution in [0.2, 0.25) is 0 Å². The lowest BCUT2D eigenvalue weighted by molar-refractivity contribution is 0.668. The van der Waals surface area contributed by atoms with E-state index < -0.39 is 5.41 Å². The van der Waals surface area contributed by atoms with E-state index in [1.165, 1.54) is 83.4 Å². The lowest BCUT2D eigenvalue weighted by atomic mass is 9.70. The molecule has 2 heteroatoms. The molecule has 0 fully saturated rings. The Kier molecular flexibility index (Phi) is 6.55. The second kappa shape index (κ2) is 11.4. The Morgan fingerprint density at radius 1 is 0.426 bits per heavy atom. The Morgan fingerprint density at radius 3 is 1.80 bits per heavy atom. The summed E-state index contributed by atoms with van der Waals surface area (Å²) in [5.74, 6) is 0. The van der Waals surface area contributed by atoms with Crippen LogP contribution in [0.3, 0.4) is 0 Å². The van der Waals surface area contributed by atoms with Crippen LogP contribution < -0.4 is 4.90 Å². The van der Waals surface area contributed by atoms with Crippen molar-refractivity contribution in [3.8, 4) is 33.4 Å². The number of fused-ring (bicyclic) bond motifs is 14. The number of para-hydroxylation sites is 1. The zero-order valence-electron chi connectivity index (χ0n) is 30.5. The number of nitrogens with zero attached hydrogens (tertiary/aromatic N) is 1. The van der Waals surface area contributed by atoms with Gasteiger partial charge in [-0.15, -0.1) is 0 Å². The number of hydrogen-bond acceptors (Lipinski definition) is 2. The van der Waals surface area contributed by atoms with E-state index in [1.54, 1.807) is 0 Å². The summed E-state index contributed by atoms with van der Waals surface area (Å²) in [5, 5.41) is 2.35. The molecule has 9 aromatic rings. The number of furan rings is 1. The molecule has 1 spiro atoms. The quantitative estimate of drug-likeness (QED) is 0.183. The summed E-state index contributed by atoms with van der Waals surface area (Å²) in [6.45, 7) is 6.59. The average Bonchev–Trinajstić information content (AvgIpc) is 3.83. The van der Waals surface area contributed by atoms with Crippen LogP contribution in [0.4, 0.5) is 17.1 Å². The largest absolute Gasteiger partial charge is 0.456 e. The highest BCUT2D eigenvalue weighted by Crippen LogP contribution is 2.66.